The topological polar surface area (TPSA) is 171 Å². The van der Waals surface area contributed by atoms with Crippen LogP contribution in [0.15, 0.2) is 79.0 Å². The Labute approximate surface area is 319 Å². The van der Waals surface area contributed by atoms with E-state index in [0.29, 0.717) is 0 Å². The van der Waals surface area contributed by atoms with Gasteiger partial charge in [0, 0.05) is 24.8 Å². The smallest absolute Gasteiger partial charge is 0.408 e. The molecule has 0 aliphatic carbocycles. The van der Waals surface area contributed by atoms with E-state index < -0.39 is 64.7 Å². The predicted molar refractivity (Wildman–Crippen MR) is 208 cm³/mol. The third kappa shape index (κ3) is 14.1. The first-order chi connectivity index (χ1) is 25.2. The number of pyridine rings is 1. The van der Waals surface area contributed by atoms with Crippen molar-refractivity contribution in [2.75, 3.05) is 13.7 Å². The number of aromatic nitrogens is 1. The number of hydrazine groups is 1. The highest BCUT2D eigenvalue weighted by Crippen LogP contribution is 2.23. The van der Waals surface area contributed by atoms with Gasteiger partial charge in [0.2, 0.25) is 5.91 Å². The molecule has 0 unspecified atom stereocenters. The highest BCUT2D eigenvalue weighted by Gasteiger charge is 2.38. The van der Waals surface area contributed by atoms with E-state index in [0.717, 1.165) is 22.4 Å². The molecule has 3 rings (SSSR count). The fourth-order valence-corrected chi connectivity index (χ4v) is 5.63. The van der Waals surface area contributed by atoms with E-state index in [2.05, 4.69) is 26.4 Å². The minimum atomic E-state index is -1.23. The summed E-state index contributed by atoms with van der Waals surface area (Å²) in [4.78, 5) is 57.4. The Bertz CT molecular complexity index is 1670. The summed E-state index contributed by atoms with van der Waals surface area (Å²) in [6, 6.07) is 19.8. The number of carbonyl (C=O) groups is 4. The highest BCUT2D eigenvalue weighted by molar-refractivity contribution is 5.87. The summed E-state index contributed by atoms with van der Waals surface area (Å²) >= 11 is 0. The van der Waals surface area contributed by atoms with Crippen molar-refractivity contribution in [3.8, 4) is 11.3 Å². The minimum absolute atomic E-state index is 0.126. The number of hydrogen-bond donors (Lipinski definition) is 5. The number of aliphatic hydroxyl groups excluding tert-OH is 1. The van der Waals surface area contributed by atoms with Gasteiger partial charge in [-0.1, -0.05) is 102 Å². The van der Waals surface area contributed by atoms with Gasteiger partial charge in [-0.05, 0) is 61.3 Å². The number of benzene rings is 2. The molecule has 1 aromatic heterocycles. The first-order valence-electron chi connectivity index (χ1n) is 18.1. The summed E-state index contributed by atoms with van der Waals surface area (Å²) in [6.07, 6.45) is -0.768. The standard InChI is InChI=1S/C41H58N6O7/c1-39(2,3)33(44-37(51)53-10)35(49)43-31(24-27-16-12-11-13-17-27)32(48)26-47(25-28-19-21-29(22-20-28)30-18-14-15-23-42-30)46-36(50)34(40(4,5)6)45-38(52)54-41(7,8)9/h11-23,31-34,48H,24-26H2,1-10H3,(H,43,49)(H,44,51)(H,45,52)(H,46,50)/t31-,32-,33+,34+/m0/s1. The summed E-state index contributed by atoms with van der Waals surface area (Å²) in [7, 11) is 1.22. The van der Waals surface area contributed by atoms with Crippen molar-refractivity contribution >= 4 is 24.0 Å². The molecule has 0 bridgehead atoms. The van der Waals surface area contributed by atoms with E-state index in [9.17, 15) is 24.3 Å². The molecule has 0 fully saturated rings. The Kier molecular flexibility index (Phi) is 15.1. The number of methoxy groups -OCH3 is 1. The van der Waals surface area contributed by atoms with Crippen LogP contribution in [0.25, 0.3) is 11.3 Å². The Balaban J connectivity index is 1.97. The van der Waals surface area contributed by atoms with Gasteiger partial charge >= 0.3 is 12.2 Å². The second-order valence-electron chi connectivity index (χ2n) is 16.5. The van der Waals surface area contributed by atoms with E-state index in [1.165, 1.54) is 7.11 Å². The fraction of sp³-hybridized carbons (Fsp3) is 0.488. The Hall–Kier alpha value is -5.01. The van der Waals surface area contributed by atoms with Gasteiger partial charge in [-0.25, -0.2) is 14.6 Å². The number of ether oxygens (including phenoxy) is 2. The molecular formula is C41H58N6O7. The van der Waals surface area contributed by atoms with Crippen LogP contribution in [0, 0.1) is 10.8 Å². The van der Waals surface area contributed by atoms with Crippen molar-refractivity contribution in [2.45, 2.75) is 105 Å². The summed E-state index contributed by atoms with van der Waals surface area (Å²) in [5.41, 5.74) is 4.10. The van der Waals surface area contributed by atoms with E-state index in [1.807, 2.05) is 114 Å². The van der Waals surface area contributed by atoms with Crippen LogP contribution in [0.3, 0.4) is 0 Å². The number of hydrogen-bond acceptors (Lipinski definition) is 9. The molecule has 13 nitrogen and oxygen atoms in total. The Morgan fingerprint density at radius 2 is 1.30 bits per heavy atom. The zero-order chi connectivity index (χ0) is 40.3. The monoisotopic (exact) mass is 746 g/mol. The van der Waals surface area contributed by atoms with E-state index in [1.54, 1.807) is 32.0 Å². The molecule has 294 valence electrons. The number of nitrogens with one attached hydrogen (secondary N) is 4. The zero-order valence-corrected chi connectivity index (χ0v) is 33.2. The largest absolute Gasteiger partial charge is 0.453 e. The molecule has 0 radical (unpaired) electrons. The molecule has 0 saturated carbocycles. The molecule has 2 aromatic carbocycles. The van der Waals surface area contributed by atoms with Crippen LogP contribution in [0.5, 0.6) is 0 Å². The van der Waals surface area contributed by atoms with Crippen LogP contribution in [0.4, 0.5) is 9.59 Å². The normalized spacial score (nSPS) is 14.2. The number of carbonyl (C=O) groups excluding carboxylic acids is 4. The van der Waals surface area contributed by atoms with Crippen LogP contribution < -0.4 is 21.4 Å². The van der Waals surface area contributed by atoms with Gasteiger partial charge in [-0.2, -0.15) is 0 Å². The van der Waals surface area contributed by atoms with Gasteiger partial charge in [-0.3, -0.25) is 20.0 Å². The van der Waals surface area contributed by atoms with Gasteiger partial charge in [0.1, 0.15) is 17.7 Å². The summed E-state index contributed by atoms with van der Waals surface area (Å²) in [5.74, 6) is -1.03. The van der Waals surface area contributed by atoms with Crippen LogP contribution in [0.2, 0.25) is 0 Å². The van der Waals surface area contributed by atoms with Crippen molar-refractivity contribution < 1.29 is 33.8 Å². The van der Waals surface area contributed by atoms with E-state index in [-0.39, 0.29) is 19.5 Å². The van der Waals surface area contributed by atoms with Crippen molar-refractivity contribution in [2.24, 2.45) is 10.8 Å². The van der Waals surface area contributed by atoms with Crippen LogP contribution >= 0.6 is 0 Å². The zero-order valence-electron chi connectivity index (χ0n) is 33.2. The summed E-state index contributed by atoms with van der Waals surface area (Å²) in [5, 5.41) is 21.8. The molecule has 0 spiro atoms. The second kappa shape index (κ2) is 18.8. The van der Waals surface area contributed by atoms with E-state index in [4.69, 9.17) is 9.47 Å². The van der Waals surface area contributed by atoms with Crippen LogP contribution in [-0.2, 0) is 32.0 Å². The molecule has 54 heavy (non-hydrogen) atoms. The number of amides is 4. The molecule has 0 aliphatic rings. The average Bonchev–Trinajstić information content (AvgIpc) is 3.08. The van der Waals surface area contributed by atoms with Gasteiger partial charge in [0.25, 0.3) is 5.91 Å². The summed E-state index contributed by atoms with van der Waals surface area (Å²) in [6.45, 7) is 16.1. The predicted octanol–water partition coefficient (Wildman–Crippen LogP) is 5.38. The van der Waals surface area contributed by atoms with Gasteiger partial charge in [0.05, 0.1) is 24.9 Å². The summed E-state index contributed by atoms with van der Waals surface area (Å²) < 4.78 is 10.2. The minimum Gasteiger partial charge on any atom is -0.453 e. The SMILES string of the molecule is COC(=O)N[C@H](C(=O)N[C@@H](Cc1ccccc1)[C@@H](O)CN(Cc1ccc(-c2ccccn2)cc1)NC(=O)[C@@H](NC(=O)OC(C)(C)C)C(C)(C)C)C(C)(C)C. The third-order valence-corrected chi connectivity index (χ3v) is 8.42. The van der Waals surface area contributed by atoms with Gasteiger partial charge < -0.3 is 30.5 Å². The molecule has 1 heterocycles. The van der Waals surface area contributed by atoms with Crippen LogP contribution in [-0.4, -0.2) is 82.6 Å². The Morgan fingerprint density at radius 3 is 1.83 bits per heavy atom. The molecule has 4 amide bonds. The number of nitrogens with zero attached hydrogens (tertiary/aromatic N) is 2. The lowest BCUT2D eigenvalue weighted by Gasteiger charge is -2.36. The van der Waals surface area contributed by atoms with Crippen molar-refractivity contribution in [1.82, 2.24) is 31.4 Å². The van der Waals surface area contributed by atoms with Crippen molar-refractivity contribution in [1.29, 1.82) is 0 Å². The average molecular weight is 747 g/mol. The van der Waals surface area contributed by atoms with Crippen molar-refractivity contribution in [3.05, 3.63) is 90.1 Å². The van der Waals surface area contributed by atoms with Gasteiger partial charge in [-0.15, -0.1) is 0 Å². The maximum absolute atomic E-state index is 14.0. The number of rotatable bonds is 14. The first-order valence-corrected chi connectivity index (χ1v) is 18.1. The maximum atomic E-state index is 14.0. The number of alkyl carbamates (subject to hydrolysis) is 2. The molecule has 5 N–H and O–H groups in total. The third-order valence-electron chi connectivity index (χ3n) is 8.42. The molecule has 0 saturated heterocycles. The molecule has 3 aromatic rings. The molecule has 0 aliphatic heterocycles. The lowest BCUT2D eigenvalue weighted by Crippen LogP contribution is -2.61. The lowest BCUT2D eigenvalue weighted by atomic mass is 9.85. The molecular weight excluding hydrogens is 688 g/mol. The van der Waals surface area contributed by atoms with Crippen molar-refractivity contribution in [3.63, 3.8) is 0 Å². The van der Waals surface area contributed by atoms with Crippen LogP contribution in [0.1, 0.15) is 73.4 Å². The maximum Gasteiger partial charge on any atom is 0.408 e. The first kappa shape index (κ1) is 43.4. The highest BCUT2D eigenvalue weighted by atomic mass is 16.6. The van der Waals surface area contributed by atoms with Gasteiger partial charge in [0.15, 0.2) is 0 Å². The second-order valence-corrected chi connectivity index (χ2v) is 16.5. The Morgan fingerprint density at radius 1 is 0.722 bits per heavy atom. The fourth-order valence-electron chi connectivity index (χ4n) is 5.63. The lowest BCUT2D eigenvalue weighted by molar-refractivity contribution is -0.132. The quantitative estimate of drug-likeness (QED) is 0.136. The number of aliphatic hydroxyl groups is 1. The molecule has 13 heteroatoms. The molecule has 4 atom stereocenters. The van der Waals surface area contributed by atoms with E-state index >= 15 is 0 Å².